The van der Waals surface area contributed by atoms with Crippen molar-refractivity contribution in [3.63, 3.8) is 0 Å². The fraction of sp³-hybridized carbons (Fsp3) is 0.750. The molecule has 2 rings (SSSR count). The number of hydrogen-bond donors (Lipinski definition) is 0. The van der Waals surface area contributed by atoms with Crippen molar-refractivity contribution in [2.75, 3.05) is 26.2 Å². The predicted octanol–water partition coefficient (Wildman–Crippen LogP) is 1.12. The van der Waals surface area contributed by atoms with Crippen LogP contribution in [0, 0.1) is 0 Å². The highest BCUT2D eigenvalue weighted by Crippen LogP contribution is 2.12. The Morgan fingerprint density at radius 1 is 1.37 bits per heavy atom. The predicted molar refractivity (Wildman–Crippen MR) is 67.4 cm³/mol. The maximum Gasteiger partial charge on any atom is 0.410 e. The Kier molecular flexibility index (Phi) is 4.04. The summed E-state index contributed by atoms with van der Waals surface area (Å²) < 4.78 is 10.0. The first-order valence-corrected chi connectivity index (χ1v) is 6.39. The Morgan fingerprint density at radius 2 is 2.05 bits per heavy atom. The first kappa shape index (κ1) is 13.8. The molecule has 2 heterocycles. The molecule has 0 N–H and O–H groups in total. The number of ether oxygens (including phenoxy) is 1. The van der Waals surface area contributed by atoms with Crippen LogP contribution in [0.5, 0.6) is 0 Å². The minimum atomic E-state index is -0.446. The molecule has 1 aliphatic heterocycles. The van der Waals surface area contributed by atoms with Crippen LogP contribution in [0.15, 0.2) is 10.9 Å². The highest BCUT2D eigenvalue weighted by atomic mass is 16.6. The smallest absolute Gasteiger partial charge is 0.410 e. The van der Waals surface area contributed by atoms with E-state index in [1.165, 1.54) is 6.39 Å². The van der Waals surface area contributed by atoms with Crippen molar-refractivity contribution in [2.45, 2.75) is 32.9 Å². The Labute approximate surface area is 112 Å². The lowest BCUT2D eigenvalue weighted by molar-refractivity contribution is 0.0136. The zero-order valence-corrected chi connectivity index (χ0v) is 11.6. The van der Waals surface area contributed by atoms with Gasteiger partial charge in [0.15, 0.2) is 5.82 Å². The zero-order chi connectivity index (χ0) is 13.9. The molecular weight excluding hydrogens is 248 g/mol. The lowest BCUT2D eigenvalue weighted by atomic mass is 10.2. The molecule has 0 atom stereocenters. The number of rotatable bonds is 2. The molecule has 1 aliphatic rings. The van der Waals surface area contributed by atoms with Gasteiger partial charge in [-0.05, 0) is 20.8 Å². The van der Waals surface area contributed by atoms with E-state index >= 15 is 0 Å². The lowest BCUT2D eigenvalue weighted by Gasteiger charge is -2.35. The maximum absolute atomic E-state index is 11.9. The molecule has 1 aromatic heterocycles. The van der Waals surface area contributed by atoms with E-state index in [0.717, 1.165) is 13.1 Å². The molecule has 0 unspecified atom stereocenters. The van der Waals surface area contributed by atoms with Gasteiger partial charge in [-0.3, -0.25) is 4.90 Å². The SMILES string of the molecule is CC(C)(C)OC(=O)N1CCN(Cc2ncon2)CC1. The topological polar surface area (TPSA) is 71.7 Å². The van der Waals surface area contributed by atoms with Gasteiger partial charge in [0, 0.05) is 26.2 Å². The van der Waals surface area contributed by atoms with Crippen molar-refractivity contribution in [3.05, 3.63) is 12.2 Å². The van der Waals surface area contributed by atoms with Gasteiger partial charge in [0.1, 0.15) is 5.60 Å². The molecule has 0 aliphatic carbocycles. The summed E-state index contributed by atoms with van der Waals surface area (Å²) in [7, 11) is 0. The van der Waals surface area contributed by atoms with Gasteiger partial charge in [0.2, 0.25) is 6.39 Å². The minimum absolute atomic E-state index is 0.244. The molecule has 1 saturated heterocycles. The first-order chi connectivity index (χ1) is 8.94. The summed E-state index contributed by atoms with van der Waals surface area (Å²) in [6.07, 6.45) is 1.08. The molecule has 0 saturated carbocycles. The van der Waals surface area contributed by atoms with Crippen molar-refractivity contribution in [3.8, 4) is 0 Å². The highest BCUT2D eigenvalue weighted by molar-refractivity contribution is 5.68. The van der Waals surface area contributed by atoms with Crippen LogP contribution in [0.3, 0.4) is 0 Å². The fourth-order valence-electron chi connectivity index (χ4n) is 1.88. The number of nitrogens with zero attached hydrogens (tertiary/aromatic N) is 4. The van der Waals surface area contributed by atoms with E-state index in [-0.39, 0.29) is 6.09 Å². The van der Waals surface area contributed by atoms with E-state index in [1.807, 2.05) is 20.8 Å². The Morgan fingerprint density at radius 3 is 2.58 bits per heavy atom. The number of carbonyl (C=O) groups excluding carboxylic acids is 1. The van der Waals surface area contributed by atoms with Crippen LogP contribution in [0.4, 0.5) is 4.79 Å². The summed E-state index contributed by atoms with van der Waals surface area (Å²) >= 11 is 0. The minimum Gasteiger partial charge on any atom is -0.444 e. The highest BCUT2D eigenvalue weighted by Gasteiger charge is 2.26. The third-order valence-corrected chi connectivity index (χ3v) is 2.80. The summed E-state index contributed by atoms with van der Waals surface area (Å²) in [6, 6.07) is 0. The first-order valence-electron chi connectivity index (χ1n) is 6.39. The van der Waals surface area contributed by atoms with Crippen molar-refractivity contribution >= 4 is 6.09 Å². The van der Waals surface area contributed by atoms with Gasteiger partial charge in [-0.1, -0.05) is 5.16 Å². The van der Waals surface area contributed by atoms with Crippen LogP contribution in [-0.4, -0.2) is 57.8 Å². The van der Waals surface area contributed by atoms with Gasteiger partial charge >= 0.3 is 6.09 Å². The number of hydrogen-bond acceptors (Lipinski definition) is 6. The molecule has 0 radical (unpaired) electrons. The molecule has 1 amide bonds. The van der Waals surface area contributed by atoms with Crippen LogP contribution < -0.4 is 0 Å². The fourth-order valence-corrected chi connectivity index (χ4v) is 1.88. The van der Waals surface area contributed by atoms with E-state index in [2.05, 4.69) is 15.0 Å². The average Bonchev–Trinajstić information content (AvgIpc) is 2.80. The summed E-state index contributed by atoms with van der Waals surface area (Å²) in [5.74, 6) is 0.672. The molecule has 1 aromatic rings. The average molecular weight is 268 g/mol. The van der Waals surface area contributed by atoms with E-state index in [1.54, 1.807) is 4.90 Å². The monoisotopic (exact) mass is 268 g/mol. The van der Waals surface area contributed by atoms with Gasteiger partial charge in [-0.25, -0.2) is 4.79 Å². The maximum atomic E-state index is 11.9. The van der Waals surface area contributed by atoms with Crippen molar-refractivity contribution in [2.24, 2.45) is 0 Å². The summed E-state index contributed by atoms with van der Waals surface area (Å²) in [4.78, 5) is 19.8. The molecule has 0 bridgehead atoms. The Bertz CT molecular complexity index is 405. The van der Waals surface area contributed by atoms with E-state index in [0.29, 0.717) is 25.5 Å². The molecule has 106 valence electrons. The van der Waals surface area contributed by atoms with Crippen LogP contribution >= 0.6 is 0 Å². The number of piperazine rings is 1. The van der Waals surface area contributed by atoms with Crippen LogP contribution in [0.1, 0.15) is 26.6 Å². The number of carbonyl (C=O) groups is 1. The second-order valence-electron chi connectivity index (χ2n) is 5.59. The second-order valence-corrected chi connectivity index (χ2v) is 5.59. The van der Waals surface area contributed by atoms with Crippen molar-refractivity contribution < 1.29 is 14.1 Å². The Hall–Kier alpha value is -1.63. The van der Waals surface area contributed by atoms with E-state index < -0.39 is 5.60 Å². The van der Waals surface area contributed by atoms with Gasteiger partial charge in [-0.2, -0.15) is 4.98 Å². The molecule has 1 fully saturated rings. The normalized spacial score (nSPS) is 17.5. The summed E-state index contributed by atoms with van der Waals surface area (Å²) in [5, 5.41) is 3.78. The van der Waals surface area contributed by atoms with E-state index in [9.17, 15) is 4.79 Å². The molecule has 19 heavy (non-hydrogen) atoms. The number of aromatic nitrogens is 2. The number of amides is 1. The molecule has 7 nitrogen and oxygen atoms in total. The third-order valence-electron chi connectivity index (χ3n) is 2.80. The third kappa shape index (κ3) is 4.20. The van der Waals surface area contributed by atoms with Crippen molar-refractivity contribution in [1.29, 1.82) is 0 Å². The van der Waals surface area contributed by atoms with Gasteiger partial charge in [0.05, 0.1) is 6.54 Å². The van der Waals surface area contributed by atoms with Gasteiger partial charge < -0.3 is 14.2 Å². The Balaban J connectivity index is 1.77. The van der Waals surface area contributed by atoms with Gasteiger partial charge in [-0.15, -0.1) is 0 Å². The quantitative estimate of drug-likeness (QED) is 0.800. The van der Waals surface area contributed by atoms with Crippen molar-refractivity contribution in [1.82, 2.24) is 19.9 Å². The molecular formula is C12H20N4O3. The largest absolute Gasteiger partial charge is 0.444 e. The summed E-state index contributed by atoms with van der Waals surface area (Å²) in [5.41, 5.74) is -0.446. The second kappa shape index (κ2) is 5.56. The lowest BCUT2D eigenvalue weighted by Crippen LogP contribution is -2.49. The molecule has 7 heteroatoms. The molecule has 0 aromatic carbocycles. The van der Waals surface area contributed by atoms with Gasteiger partial charge in [0.25, 0.3) is 0 Å². The summed E-state index contributed by atoms with van der Waals surface area (Å²) in [6.45, 7) is 9.16. The van der Waals surface area contributed by atoms with E-state index in [4.69, 9.17) is 9.26 Å². The zero-order valence-electron chi connectivity index (χ0n) is 11.6. The molecule has 0 spiro atoms. The van der Waals surface area contributed by atoms with Crippen LogP contribution in [0.2, 0.25) is 0 Å². The standard InChI is InChI=1S/C12H20N4O3/c1-12(2,3)19-11(17)16-6-4-15(5-7-16)8-10-13-9-18-14-10/h9H,4-8H2,1-3H3. The van der Waals surface area contributed by atoms with Crippen LogP contribution in [0.25, 0.3) is 0 Å². The van der Waals surface area contributed by atoms with Crippen LogP contribution in [-0.2, 0) is 11.3 Å².